The van der Waals surface area contributed by atoms with E-state index in [9.17, 15) is 4.57 Å². The Morgan fingerprint density at radius 3 is 2.50 bits per heavy atom. The van der Waals surface area contributed by atoms with Crippen LogP contribution in [0.2, 0.25) is 0 Å². The highest BCUT2D eigenvalue weighted by Gasteiger charge is 2.25. The van der Waals surface area contributed by atoms with Gasteiger partial charge >= 0.3 is 7.60 Å². The highest BCUT2D eigenvalue weighted by atomic mass is 31.2. The second kappa shape index (κ2) is 8.36. The fraction of sp³-hybridized carbons (Fsp3) is 0.444. The number of unbranched alkanes of at least 4 members (excludes halogenated alkanes) is 3. The maximum atomic E-state index is 12.9. The Kier molecular flexibility index (Phi) is 6.48. The standard InChI is InChI=1S/C18H25O3P/c1-3-5-6-9-15-22(19,20-4-2)21-18-14-10-12-16-11-7-8-13-17(16)18/h7-8,10-14H,3-6,9,15H2,1-2H3. The van der Waals surface area contributed by atoms with E-state index in [0.717, 1.165) is 36.5 Å². The van der Waals surface area contributed by atoms with Crippen LogP contribution in [0.1, 0.15) is 39.5 Å². The normalized spacial score (nSPS) is 13.9. The SMILES string of the molecule is CCCCCCP(=O)(OCC)Oc1cccc2ccccc12. The van der Waals surface area contributed by atoms with Crippen molar-refractivity contribution in [3.8, 4) is 5.75 Å². The van der Waals surface area contributed by atoms with Gasteiger partial charge in [-0.1, -0.05) is 62.6 Å². The van der Waals surface area contributed by atoms with Crippen molar-refractivity contribution >= 4 is 18.4 Å². The van der Waals surface area contributed by atoms with Crippen molar-refractivity contribution in [1.29, 1.82) is 0 Å². The summed E-state index contributed by atoms with van der Waals surface area (Å²) in [4.78, 5) is 0. The van der Waals surface area contributed by atoms with Crippen molar-refractivity contribution in [1.82, 2.24) is 0 Å². The lowest BCUT2D eigenvalue weighted by Crippen LogP contribution is -2.03. The fourth-order valence-corrected chi connectivity index (χ4v) is 4.23. The predicted octanol–water partition coefficient (Wildman–Crippen LogP) is 6.03. The number of benzene rings is 2. The zero-order valence-electron chi connectivity index (χ0n) is 13.5. The van der Waals surface area contributed by atoms with Crippen LogP contribution in [0.4, 0.5) is 0 Å². The molecule has 4 heteroatoms. The minimum atomic E-state index is -3.09. The molecule has 0 radical (unpaired) electrons. The van der Waals surface area contributed by atoms with Gasteiger partial charge in [-0.2, -0.15) is 0 Å². The van der Waals surface area contributed by atoms with Crippen molar-refractivity contribution in [3.63, 3.8) is 0 Å². The Labute approximate surface area is 133 Å². The molecule has 0 fully saturated rings. The number of hydrogen-bond donors (Lipinski definition) is 0. The lowest BCUT2D eigenvalue weighted by molar-refractivity contribution is 0.279. The summed E-state index contributed by atoms with van der Waals surface area (Å²) in [5.41, 5.74) is 0. The first-order valence-corrected chi connectivity index (χ1v) is 9.82. The van der Waals surface area contributed by atoms with Crippen molar-refractivity contribution in [2.24, 2.45) is 0 Å². The van der Waals surface area contributed by atoms with E-state index < -0.39 is 7.60 Å². The Morgan fingerprint density at radius 2 is 1.73 bits per heavy atom. The van der Waals surface area contributed by atoms with E-state index in [1.807, 2.05) is 49.4 Å². The zero-order valence-corrected chi connectivity index (χ0v) is 14.4. The first-order valence-electron chi connectivity index (χ1n) is 8.09. The summed E-state index contributed by atoms with van der Waals surface area (Å²) in [6.07, 6.45) is 4.72. The smallest absolute Gasteiger partial charge is 0.379 e. The third kappa shape index (κ3) is 4.59. The van der Waals surface area contributed by atoms with Gasteiger partial charge < -0.3 is 9.05 Å². The average molecular weight is 320 g/mol. The van der Waals surface area contributed by atoms with Crippen molar-refractivity contribution < 1.29 is 13.6 Å². The second-order valence-corrected chi connectivity index (χ2v) is 7.49. The topological polar surface area (TPSA) is 35.5 Å². The lowest BCUT2D eigenvalue weighted by Gasteiger charge is -2.19. The number of rotatable bonds is 9. The molecule has 3 nitrogen and oxygen atoms in total. The molecule has 0 bridgehead atoms. The monoisotopic (exact) mass is 320 g/mol. The van der Waals surface area contributed by atoms with Gasteiger partial charge in [0.05, 0.1) is 12.8 Å². The molecular formula is C18H25O3P. The molecule has 1 unspecified atom stereocenters. The second-order valence-electron chi connectivity index (χ2n) is 5.38. The molecule has 2 aromatic rings. The largest absolute Gasteiger partial charge is 0.424 e. The van der Waals surface area contributed by atoms with Crippen molar-refractivity contribution in [3.05, 3.63) is 42.5 Å². The molecule has 0 aliphatic heterocycles. The summed E-state index contributed by atoms with van der Waals surface area (Å²) in [5, 5.41) is 2.05. The van der Waals surface area contributed by atoms with Crippen LogP contribution in [0.15, 0.2) is 42.5 Å². The Hall–Kier alpha value is -1.31. The molecule has 0 aliphatic carbocycles. The summed E-state index contributed by atoms with van der Waals surface area (Å²) < 4.78 is 24.3. The predicted molar refractivity (Wildman–Crippen MR) is 92.8 cm³/mol. The molecule has 0 amide bonds. The van der Waals surface area contributed by atoms with Crippen LogP contribution >= 0.6 is 7.60 Å². The average Bonchev–Trinajstić information content (AvgIpc) is 2.52. The number of hydrogen-bond acceptors (Lipinski definition) is 3. The van der Waals surface area contributed by atoms with Crippen LogP contribution in [-0.2, 0) is 9.09 Å². The molecule has 1 atom stereocenters. The van der Waals surface area contributed by atoms with E-state index in [1.165, 1.54) is 0 Å². The quantitative estimate of drug-likeness (QED) is 0.418. The molecule has 22 heavy (non-hydrogen) atoms. The first-order chi connectivity index (χ1) is 10.7. The van der Waals surface area contributed by atoms with Crippen LogP contribution in [0.5, 0.6) is 5.75 Å². The van der Waals surface area contributed by atoms with Gasteiger partial charge in [0, 0.05) is 5.39 Å². The summed E-state index contributed by atoms with van der Waals surface area (Å²) >= 11 is 0. The molecule has 0 aliphatic rings. The van der Waals surface area contributed by atoms with Crippen molar-refractivity contribution in [2.45, 2.75) is 39.5 Å². The molecule has 0 heterocycles. The summed E-state index contributed by atoms with van der Waals surface area (Å²) in [6, 6.07) is 13.8. The molecular weight excluding hydrogens is 295 g/mol. The summed E-state index contributed by atoms with van der Waals surface area (Å²) in [7, 11) is -3.09. The van der Waals surface area contributed by atoms with Gasteiger partial charge in [0.15, 0.2) is 0 Å². The van der Waals surface area contributed by atoms with E-state index in [2.05, 4.69) is 6.92 Å². The maximum Gasteiger partial charge on any atom is 0.379 e. The van der Waals surface area contributed by atoms with E-state index in [0.29, 0.717) is 18.5 Å². The molecule has 0 N–H and O–H groups in total. The Balaban J connectivity index is 2.17. The highest BCUT2D eigenvalue weighted by Crippen LogP contribution is 2.50. The lowest BCUT2D eigenvalue weighted by atomic mass is 10.1. The molecule has 0 saturated carbocycles. The maximum absolute atomic E-state index is 12.9. The van der Waals surface area contributed by atoms with E-state index >= 15 is 0 Å². The minimum absolute atomic E-state index is 0.399. The van der Waals surface area contributed by atoms with E-state index in [4.69, 9.17) is 9.05 Å². The van der Waals surface area contributed by atoms with Crippen LogP contribution in [0.3, 0.4) is 0 Å². The molecule has 120 valence electrons. The van der Waals surface area contributed by atoms with Gasteiger partial charge in [-0.15, -0.1) is 0 Å². The van der Waals surface area contributed by atoms with Gasteiger partial charge in [0.25, 0.3) is 0 Å². The van der Waals surface area contributed by atoms with Crippen LogP contribution in [-0.4, -0.2) is 12.8 Å². The van der Waals surface area contributed by atoms with Gasteiger partial charge in [0.2, 0.25) is 0 Å². The molecule has 0 spiro atoms. The van der Waals surface area contributed by atoms with Gasteiger partial charge in [-0.05, 0) is 24.8 Å². The van der Waals surface area contributed by atoms with Crippen LogP contribution in [0.25, 0.3) is 10.8 Å². The molecule has 2 rings (SSSR count). The number of fused-ring (bicyclic) bond motifs is 1. The third-order valence-corrected chi connectivity index (χ3v) is 5.59. The summed E-state index contributed by atoms with van der Waals surface area (Å²) in [5.74, 6) is 0.644. The highest BCUT2D eigenvalue weighted by molar-refractivity contribution is 7.54. The van der Waals surface area contributed by atoms with Gasteiger partial charge in [0.1, 0.15) is 5.75 Å². The Morgan fingerprint density at radius 1 is 0.955 bits per heavy atom. The van der Waals surface area contributed by atoms with E-state index in [1.54, 1.807) is 0 Å². The summed E-state index contributed by atoms with van der Waals surface area (Å²) in [6.45, 7) is 4.41. The molecule has 0 saturated heterocycles. The third-order valence-electron chi connectivity index (χ3n) is 3.60. The van der Waals surface area contributed by atoms with Gasteiger partial charge in [-0.3, -0.25) is 0 Å². The Bertz CT molecular complexity index is 634. The first kappa shape index (κ1) is 17.1. The van der Waals surface area contributed by atoms with Crippen LogP contribution in [0, 0.1) is 0 Å². The van der Waals surface area contributed by atoms with Crippen LogP contribution < -0.4 is 4.52 Å². The van der Waals surface area contributed by atoms with Crippen molar-refractivity contribution in [2.75, 3.05) is 12.8 Å². The van der Waals surface area contributed by atoms with E-state index in [-0.39, 0.29) is 0 Å². The zero-order chi connectivity index (χ0) is 15.8. The molecule has 0 aromatic heterocycles. The fourth-order valence-electron chi connectivity index (χ4n) is 2.49. The minimum Gasteiger partial charge on any atom is -0.424 e. The molecule has 2 aromatic carbocycles. The van der Waals surface area contributed by atoms with Gasteiger partial charge in [-0.25, -0.2) is 4.57 Å².